The highest BCUT2D eigenvalue weighted by Gasteiger charge is 2.18. The molecule has 0 amide bonds. The van der Waals surface area contributed by atoms with E-state index in [1.807, 2.05) is 44.2 Å². The van der Waals surface area contributed by atoms with E-state index in [-0.39, 0.29) is 23.1 Å². The Morgan fingerprint density at radius 2 is 1.90 bits per heavy atom. The zero-order valence-corrected chi connectivity index (χ0v) is 16.9. The van der Waals surface area contributed by atoms with Gasteiger partial charge in [-0.1, -0.05) is 36.7 Å². The molecule has 0 aliphatic heterocycles. The Labute approximate surface area is 173 Å². The Kier molecular flexibility index (Phi) is 7.08. The summed E-state index contributed by atoms with van der Waals surface area (Å²) in [6, 6.07) is 12.4. The molecule has 1 heterocycles. The van der Waals surface area contributed by atoms with Crippen LogP contribution < -0.4 is 9.47 Å². The molecule has 29 heavy (non-hydrogen) atoms. The first-order valence-electron chi connectivity index (χ1n) is 9.26. The predicted octanol–water partition coefficient (Wildman–Crippen LogP) is 4.93. The molecule has 0 radical (unpaired) electrons. The quantitative estimate of drug-likeness (QED) is 0.457. The van der Waals surface area contributed by atoms with Crippen molar-refractivity contribution in [1.82, 2.24) is 10.2 Å². The van der Waals surface area contributed by atoms with Gasteiger partial charge in [-0.25, -0.2) is 4.79 Å². The Bertz CT molecular complexity index is 959. The maximum absolute atomic E-state index is 12.5. The number of carbonyl (C=O) groups is 1. The van der Waals surface area contributed by atoms with Gasteiger partial charge < -0.3 is 18.6 Å². The molecule has 0 bridgehead atoms. The van der Waals surface area contributed by atoms with Gasteiger partial charge in [0.05, 0.1) is 23.8 Å². The molecule has 0 aliphatic rings. The van der Waals surface area contributed by atoms with Crippen LogP contribution >= 0.6 is 11.6 Å². The highest BCUT2D eigenvalue weighted by atomic mass is 35.5. The van der Waals surface area contributed by atoms with Crippen LogP contribution in [0.5, 0.6) is 11.5 Å². The van der Waals surface area contributed by atoms with Gasteiger partial charge in [0, 0.05) is 5.56 Å². The second-order valence-corrected chi connectivity index (χ2v) is 6.42. The smallest absolute Gasteiger partial charge is 0.338 e. The minimum absolute atomic E-state index is 0.158. The van der Waals surface area contributed by atoms with Crippen LogP contribution in [0.3, 0.4) is 0 Å². The van der Waals surface area contributed by atoms with Crippen molar-refractivity contribution in [1.29, 1.82) is 0 Å². The van der Waals surface area contributed by atoms with Gasteiger partial charge in [-0.05, 0) is 37.6 Å². The second-order valence-electron chi connectivity index (χ2n) is 6.01. The molecule has 8 heteroatoms. The molecule has 0 fully saturated rings. The number of hydrogen-bond acceptors (Lipinski definition) is 7. The van der Waals surface area contributed by atoms with Crippen molar-refractivity contribution in [2.45, 2.75) is 26.9 Å². The topological polar surface area (TPSA) is 83.7 Å². The van der Waals surface area contributed by atoms with Gasteiger partial charge in [0.15, 0.2) is 18.1 Å². The van der Waals surface area contributed by atoms with Crippen LogP contribution in [0, 0.1) is 0 Å². The van der Waals surface area contributed by atoms with Crippen molar-refractivity contribution < 1.29 is 23.4 Å². The summed E-state index contributed by atoms with van der Waals surface area (Å²) >= 11 is 6.28. The van der Waals surface area contributed by atoms with E-state index < -0.39 is 5.97 Å². The zero-order valence-electron chi connectivity index (χ0n) is 16.2. The number of esters is 1. The van der Waals surface area contributed by atoms with E-state index in [4.69, 9.17) is 30.2 Å². The summed E-state index contributed by atoms with van der Waals surface area (Å²) in [5, 5.41) is 8.15. The lowest BCUT2D eigenvalue weighted by atomic mass is 10.2. The van der Waals surface area contributed by atoms with E-state index in [1.54, 1.807) is 6.07 Å². The fourth-order valence-electron chi connectivity index (χ4n) is 2.51. The molecule has 152 valence electrons. The van der Waals surface area contributed by atoms with E-state index in [0.29, 0.717) is 30.6 Å². The SMILES string of the molecule is CCCOc1c(Cl)cc(C(=O)OCc2nnc(-c3ccccc3)o2)cc1OCC. The third kappa shape index (κ3) is 5.26. The molecule has 0 saturated carbocycles. The molecule has 0 spiro atoms. The van der Waals surface area contributed by atoms with Crippen LogP contribution in [0.15, 0.2) is 46.9 Å². The summed E-state index contributed by atoms with van der Waals surface area (Å²) in [4.78, 5) is 12.5. The van der Waals surface area contributed by atoms with E-state index in [9.17, 15) is 4.79 Å². The lowest BCUT2D eigenvalue weighted by molar-refractivity contribution is 0.0438. The van der Waals surface area contributed by atoms with Gasteiger partial charge in [-0.15, -0.1) is 10.2 Å². The molecule has 3 rings (SSSR count). The number of hydrogen-bond donors (Lipinski definition) is 0. The minimum atomic E-state index is -0.589. The average Bonchev–Trinajstić information content (AvgIpc) is 3.21. The van der Waals surface area contributed by atoms with E-state index in [1.165, 1.54) is 6.07 Å². The van der Waals surface area contributed by atoms with Gasteiger partial charge in [0.25, 0.3) is 5.89 Å². The van der Waals surface area contributed by atoms with Crippen LogP contribution in [0.1, 0.15) is 36.5 Å². The van der Waals surface area contributed by atoms with Gasteiger partial charge in [0.1, 0.15) is 0 Å². The highest BCUT2D eigenvalue weighted by molar-refractivity contribution is 6.32. The first-order valence-corrected chi connectivity index (χ1v) is 9.64. The summed E-state index contributed by atoms with van der Waals surface area (Å²) in [6.45, 7) is 4.56. The number of ether oxygens (including phenoxy) is 3. The number of nitrogens with zero attached hydrogens (tertiary/aromatic N) is 2. The molecule has 0 saturated heterocycles. The van der Waals surface area contributed by atoms with Crippen molar-refractivity contribution in [3.05, 3.63) is 58.9 Å². The van der Waals surface area contributed by atoms with Crippen LogP contribution in [-0.4, -0.2) is 29.4 Å². The van der Waals surface area contributed by atoms with Gasteiger partial charge in [0.2, 0.25) is 5.89 Å². The number of aromatic nitrogens is 2. The molecule has 0 aliphatic carbocycles. The van der Waals surface area contributed by atoms with E-state index in [0.717, 1.165) is 12.0 Å². The Morgan fingerprint density at radius 3 is 2.62 bits per heavy atom. The molecule has 7 nitrogen and oxygen atoms in total. The predicted molar refractivity (Wildman–Crippen MR) is 107 cm³/mol. The Morgan fingerprint density at radius 1 is 1.10 bits per heavy atom. The van der Waals surface area contributed by atoms with Crippen LogP contribution in [-0.2, 0) is 11.3 Å². The average molecular weight is 417 g/mol. The molecule has 0 atom stereocenters. The molecule has 2 aromatic carbocycles. The first kappa shape index (κ1) is 20.7. The fourth-order valence-corrected chi connectivity index (χ4v) is 2.78. The Hall–Kier alpha value is -3.06. The number of benzene rings is 2. The summed E-state index contributed by atoms with van der Waals surface area (Å²) in [5.41, 5.74) is 1.03. The maximum Gasteiger partial charge on any atom is 0.338 e. The Balaban J connectivity index is 1.70. The highest BCUT2D eigenvalue weighted by Crippen LogP contribution is 2.37. The second kappa shape index (κ2) is 9.93. The normalized spacial score (nSPS) is 10.6. The molecule has 0 unspecified atom stereocenters. The molecule has 1 aromatic heterocycles. The minimum Gasteiger partial charge on any atom is -0.490 e. The number of rotatable bonds is 9. The summed E-state index contributed by atoms with van der Waals surface area (Å²) in [7, 11) is 0. The van der Waals surface area contributed by atoms with Crippen LogP contribution in [0.25, 0.3) is 11.5 Å². The van der Waals surface area contributed by atoms with Crippen molar-refractivity contribution in [3.63, 3.8) is 0 Å². The third-order valence-electron chi connectivity index (χ3n) is 3.81. The summed E-state index contributed by atoms with van der Waals surface area (Å²) in [5.74, 6) is 0.766. The molecular formula is C21H21ClN2O5. The molecular weight excluding hydrogens is 396 g/mol. The van der Waals surface area contributed by atoms with E-state index in [2.05, 4.69) is 10.2 Å². The standard InChI is InChI=1S/C21H21ClN2O5/c1-3-10-27-19-16(22)11-15(12-17(19)26-4-2)21(25)28-13-18-23-24-20(29-18)14-8-6-5-7-9-14/h5-9,11-12H,3-4,10,13H2,1-2H3. The monoisotopic (exact) mass is 416 g/mol. The maximum atomic E-state index is 12.5. The lowest BCUT2D eigenvalue weighted by Crippen LogP contribution is -2.08. The largest absolute Gasteiger partial charge is 0.490 e. The first-order chi connectivity index (χ1) is 14.1. The number of halogens is 1. The van der Waals surface area contributed by atoms with Gasteiger partial charge >= 0.3 is 5.97 Å². The molecule has 3 aromatic rings. The van der Waals surface area contributed by atoms with Crippen molar-refractivity contribution in [3.8, 4) is 23.0 Å². The molecule has 0 N–H and O–H groups in total. The lowest BCUT2D eigenvalue weighted by Gasteiger charge is -2.14. The number of carbonyl (C=O) groups excluding carboxylic acids is 1. The van der Waals surface area contributed by atoms with Crippen molar-refractivity contribution in [2.24, 2.45) is 0 Å². The van der Waals surface area contributed by atoms with Gasteiger partial charge in [-0.3, -0.25) is 0 Å². The van der Waals surface area contributed by atoms with Crippen LogP contribution in [0.2, 0.25) is 5.02 Å². The van der Waals surface area contributed by atoms with Gasteiger partial charge in [-0.2, -0.15) is 0 Å². The van der Waals surface area contributed by atoms with Crippen LogP contribution in [0.4, 0.5) is 0 Å². The zero-order chi connectivity index (χ0) is 20.6. The fraction of sp³-hybridized carbons (Fsp3) is 0.286. The van der Waals surface area contributed by atoms with Crippen molar-refractivity contribution in [2.75, 3.05) is 13.2 Å². The van der Waals surface area contributed by atoms with E-state index >= 15 is 0 Å². The third-order valence-corrected chi connectivity index (χ3v) is 4.09. The summed E-state index contributed by atoms with van der Waals surface area (Å²) < 4.78 is 22.0. The van der Waals surface area contributed by atoms with Crippen molar-refractivity contribution >= 4 is 17.6 Å². The summed E-state index contributed by atoms with van der Waals surface area (Å²) in [6.07, 6.45) is 0.820.